The maximum Gasteiger partial charge on any atom is 0.312 e. The highest BCUT2D eigenvalue weighted by Gasteiger charge is 2.47. The lowest BCUT2D eigenvalue weighted by atomic mass is 9.79. The molecule has 0 aromatic rings. The zero-order valence-corrected chi connectivity index (χ0v) is 8.90. The molecular formula is C10H16N2O3. The third kappa shape index (κ3) is 1.97. The van der Waals surface area contributed by atoms with Crippen molar-refractivity contribution in [3.63, 3.8) is 0 Å². The zero-order chi connectivity index (χ0) is 11.1. The third-order valence-corrected chi connectivity index (χ3v) is 3.30. The molecule has 84 valence electrons. The van der Waals surface area contributed by atoms with Crippen molar-refractivity contribution in [2.24, 2.45) is 5.41 Å². The molecule has 0 radical (unpaired) electrons. The molecule has 2 rings (SSSR count). The van der Waals surface area contributed by atoms with Crippen LogP contribution in [0.25, 0.3) is 0 Å². The Morgan fingerprint density at radius 1 is 1.33 bits per heavy atom. The van der Waals surface area contributed by atoms with Crippen molar-refractivity contribution in [1.29, 1.82) is 0 Å². The van der Waals surface area contributed by atoms with E-state index in [1.165, 1.54) is 0 Å². The van der Waals surface area contributed by atoms with Crippen LogP contribution in [0.1, 0.15) is 12.8 Å². The summed E-state index contributed by atoms with van der Waals surface area (Å²) in [6.45, 7) is 3.52. The molecule has 2 saturated heterocycles. The largest absolute Gasteiger partial charge is 0.481 e. The van der Waals surface area contributed by atoms with Crippen molar-refractivity contribution in [3.8, 4) is 0 Å². The Kier molecular flexibility index (Phi) is 2.42. The maximum atomic E-state index is 11.5. The highest BCUT2D eigenvalue weighted by molar-refractivity contribution is 5.93. The van der Waals surface area contributed by atoms with Gasteiger partial charge < -0.3 is 14.9 Å². The second-order valence-electron chi connectivity index (χ2n) is 4.81. The maximum absolute atomic E-state index is 11.5. The number of carbonyl (C=O) groups excluding carboxylic acids is 1. The molecule has 2 fully saturated rings. The summed E-state index contributed by atoms with van der Waals surface area (Å²) in [6, 6.07) is 0. The van der Waals surface area contributed by atoms with Gasteiger partial charge in [-0.3, -0.25) is 9.59 Å². The average molecular weight is 212 g/mol. The molecule has 0 aromatic carbocycles. The SMILES string of the molecule is CN1CC2(CCN(C(=O)CC(=O)O)C2)C1. The minimum Gasteiger partial charge on any atom is -0.481 e. The van der Waals surface area contributed by atoms with Gasteiger partial charge in [0.25, 0.3) is 0 Å². The van der Waals surface area contributed by atoms with Crippen LogP contribution < -0.4 is 0 Å². The summed E-state index contributed by atoms with van der Waals surface area (Å²) in [7, 11) is 2.06. The Bertz CT molecular complexity index is 297. The molecule has 5 nitrogen and oxygen atoms in total. The quantitative estimate of drug-likeness (QED) is 0.634. The first-order chi connectivity index (χ1) is 7.01. The van der Waals surface area contributed by atoms with Crippen LogP contribution in [0.5, 0.6) is 0 Å². The first-order valence-corrected chi connectivity index (χ1v) is 5.19. The zero-order valence-electron chi connectivity index (χ0n) is 8.90. The smallest absolute Gasteiger partial charge is 0.312 e. The molecule has 1 N–H and O–H groups in total. The monoisotopic (exact) mass is 212 g/mol. The summed E-state index contributed by atoms with van der Waals surface area (Å²) >= 11 is 0. The highest BCUT2D eigenvalue weighted by atomic mass is 16.4. The van der Waals surface area contributed by atoms with Crippen LogP contribution in [-0.4, -0.2) is 60.0 Å². The number of nitrogens with zero attached hydrogens (tertiary/aromatic N) is 2. The lowest BCUT2D eigenvalue weighted by Crippen LogP contribution is -2.55. The van der Waals surface area contributed by atoms with E-state index in [-0.39, 0.29) is 17.7 Å². The fourth-order valence-electron chi connectivity index (χ4n) is 2.75. The van der Waals surface area contributed by atoms with Crippen molar-refractivity contribution >= 4 is 11.9 Å². The molecule has 15 heavy (non-hydrogen) atoms. The molecule has 0 aromatic heterocycles. The normalized spacial score (nSPS) is 24.2. The molecule has 0 saturated carbocycles. The predicted octanol–water partition coefficient (Wildman–Crippen LogP) is -0.375. The van der Waals surface area contributed by atoms with Crippen LogP contribution in [-0.2, 0) is 9.59 Å². The van der Waals surface area contributed by atoms with Crippen LogP contribution >= 0.6 is 0 Å². The number of amides is 1. The topological polar surface area (TPSA) is 60.9 Å². The number of likely N-dealkylation sites (tertiary alicyclic amines) is 2. The van der Waals surface area contributed by atoms with Gasteiger partial charge >= 0.3 is 5.97 Å². The van der Waals surface area contributed by atoms with Gasteiger partial charge in [-0.25, -0.2) is 0 Å². The van der Waals surface area contributed by atoms with Crippen molar-refractivity contribution in [2.75, 3.05) is 33.2 Å². The van der Waals surface area contributed by atoms with E-state index < -0.39 is 5.97 Å². The van der Waals surface area contributed by atoms with Crippen molar-refractivity contribution in [1.82, 2.24) is 9.80 Å². The van der Waals surface area contributed by atoms with E-state index in [2.05, 4.69) is 11.9 Å². The van der Waals surface area contributed by atoms with Gasteiger partial charge in [0.15, 0.2) is 0 Å². The second kappa shape index (κ2) is 3.48. The van der Waals surface area contributed by atoms with E-state index in [9.17, 15) is 9.59 Å². The van der Waals surface area contributed by atoms with Crippen LogP contribution in [0.2, 0.25) is 0 Å². The Morgan fingerprint density at radius 2 is 2.00 bits per heavy atom. The number of hydrogen-bond donors (Lipinski definition) is 1. The Labute approximate surface area is 88.6 Å². The summed E-state index contributed by atoms with van der Waals surface area (Å²) < 4.78 is 0. The van der Waals surface area contributed by atoms with Gasteiger partial charge in [0.1, 0.15) is 6.42 Å². The van der Waals surface area contributed by atoms with Gasteiger partial charge in [-0.2, -0.15) is 0 Å². The molecule has 2 aliphatic rings. The van der Waals surface area contributed by atoms with Crippen LogP contribution in [0.4, 0.5) is 0 Å². The van der Waals surface area contributed by atoms with Gasteiger partial charge in [-0.15, -0.1) is 0 Å². The average Bonchev–Trinajstić information content (AvgIpc) is 2.47. The number of rotatable bonds is 2. The van der Waals surface area contributed by atoms with Crippen molar-refractivity contribution in [2.45, 2.75) is 12.8 Å². The second-order valence-corrected chi connectivity index (χ2v) is 4.81. The Balaban J connectivity index is 1.87. The summed E-state index contributed by atoms with van der Waals surface area (Å²) in [6.07, 6.45) is 0.647. The van der Waals surface area contributed by atoms with Gasteiger partial charge in [-0.05, 0) is 13.5 Å². The van der Waals surface area contributed by atoms with Crippen LogP contribution in [0.3, 0.4) is 0 Å². The Morgan fingerprint density at radius 3 is 2.53 bits per heavy atom. The summed E-state index contributed by atoms with van der Waals surface area (Å²) in [5.74, 6) is -1.28. The summed E-state index contributed by atoms with van der Waals surface area (Å²) in [5.41, 5.74) is 0.267. The van der Waals surface area contributed by atoms with E-state index in [0.29, 0.717) is 0 Å². The number of carbonyl (C=O) groups is 2. The first kappa shape index (κ1) is 10.4. The molecule has 1 spiro atoms. The number of carboxylic acids is 1. The Hall–Kier alpha value is -1.10. The standard InChI is InChI=1S/C10H16N2O3/c1-11-5-10(6-11)2-3-12(7-10)8(13)4-9(14)15/h2-7H2,1H3,(H,14,15). The fraction of sp³-hybridized carbons (Fsp3) is 0.800. The van der Waals surface area contributed by atoms with Crippen LogP contribution in [0.15, 0.2) is 0 Å². The van der Waals surface area contributed by atoms with E-state index in [0.717, 1.165) is 32.6 Å². The fourth-order valence-corrected chi connectivity index (χ4v) is 2.75. The van der Waals surface area contributed by atoms with Gasteiger partial charge in [-0.1, -0.05) is 0 Å². The summed E-state index contributed by atoms with van der Waals surface area (Å²) in [4.78, 5) is 25.8. The highest BCUT2D eigenvalue weighted by Crippen LogP contribution is 2.38. The molecule has 2 aliphatic heterocycles. The molecule has 1 amide bonds. The van der Waals surface area contributed by atoms with Gasteiger partial charge in [0, 0.05) is 31.6 Å². The predicted molar refractivity (Wildman–Crippen MR) is 53.4 cm³/mol. The molecular weight excluding hydrogens is 196 g/mol. The van der Waals surface area contributed by atoms with Gasteiger partial charge in [0.2, 0.25) is 5.91 Å². The molecule has 0 atom stereocenters. The third-order valence-electron chi connectivity index (χ3n) is 3.30. The number of aliphatic carboxylic acids is 1. The first-order valence-electron chi connectivity index (χ1n) is 5.19. The number of hydrogen-bond acceptors (Lipinski definition) is 3. The molecule has 0 aliphatic carbocycles. The van der Waals surface area contributed by atoms with E-state index in [1.807, 2.05) is 0 Å². The summed E-state index contributed by atoms with van der Waals surface area (Å²) in [5, 5.41) is 8.53. The minimum atomic E-state index is -1.04. The van der Waals surface area contributed by atoms with E-state index in [4.69, 9.17) is 5.11 Å². The lowest BCUT2D eigenvalue weighted by Gasteiger charge is -2.46. The van der Waals surface area contributed by atoms with Crippen molar-refractivity contribution in [3.05, 3.63) is 0 Å². The van der Waals surface area contributed by atoms with Crippen molar-refractivity contribution < 1.29 is 14.7 Å². The van der Waals surface area contributed by atoms with Crippen LogP contribution in [0, 0.1) is 5.41 Å². The van der Waals surface area contributed by atoms with Gasteiger partial charge in [0.05, 0.1) is 0 Å². The minimum absolute atomic E-state index is 0.242. The molecule has 0 bridgehead atoms. The molecule has 5 heteroatoms. The lowest BCUT2D eigenvalue weighted by molar-refractivity contribution is -0.144. The van der Waals surface area contributed by atoms with E-state index >= 15 is 0 Å². The number of carboxylic acid groups (broad SMARTS) is 1. The molecule has 2 heterocycles. The van der Waals surface area contributed by atoms with E-state index in [1.54, 1.807) is 4.90 Å². The molecule has 0 unspecified atom stereocenters.